The van der Waals surface area contributed by atoms with Crippen molar-refractivity contribution in [2.24, 2.45) is 5.92 Å². The van der Waals surface area contributed by atoms with Crippen molar-refractivity contribution >= 4 is 11.8 Å². The van der Waals surface area contributed by atoms with Gasteiger partial charge in [-0.15, -0.1) is 0 Å². The van der Waals surface area contributed by atoms with E-state index < -0.39 is 6.04 Å². The quantitative estimate of drug-likeness (QED) is 0.724. The van der Waals surface area contributed by atoms with E-state index >= 15 is 0 Å². The summed E-state index contributed by atoms with van der Waals surface area (Å²) in [5, 5.41) is 2.97. The Labute approximate surface area is 175 Å². The Balaban J connectivity index is 2.25. The first-order valence-corrected chi connectivity index (χ1v) is 10.4. The van der Waals surface area contributed by atoms with Crippen molar-refractivity contribution in [3.63, 3.8) is 0 Å². The molecule has 0 saturated carbocycles. The van der Waals surface area contributed by atoms with Crippen LogP contribution in [-0.4, -0.2) is 29.3 Å². The zero-order chi connectivity index (χ0) is 21.6. The molecule has 2 aromatic rings. The molecule has 0 heterocycles. The molecule has 0 aliphatic carbocycles. The van der Waals surface area contributed by atoms with Gasteiger partial charge in [-0.2, -0.15) is 0 Å². The summed E-state index contributed by atoms with van der Waals surface area (Å²) in [6.07, 6.45) is 0.293. The SMILES string of the molecule is Cc1cccc(CN(C(=O)Cc2cc(C)ccc2C)C(C)C(=O)NCC(C)C)c1. The van der Waals surface area contributed by atoms with Crippen molar-refractivity contribution in [3.05, 3.63) is 70.3 Å². The van der Waals surface area contributed by atoms with Gasteiger partial charge in [0.05, 0.1) is 6.42 Å². The molecule has 0 radical (unpaired) electrons. The third kappa shape index (κ3) is 6.74. The topological polar surface area (TPSA) is 49.4 Å². The number of carbonyl (C=O) groups excluding carboxylic acids is 2. The zero-order valence-electron chi connectivity index (χ0n) is 18.6. The highest BCUT2D eigenvalue weighted by Gasteiger charge is 2.26. The molecular formula is C25H34N2O2. The van der Waals surface area contributed by atoms with E-state index in [4.69, 9.17) is 0 Å². The summed E-state index contributed by atoms with van der Waals surface area (Å²) in [6, 6.07) is 13.7. The first-order chi connectivity index (χ1) is 13.7. The van der Waals surface area contributed by atoms with Crippen LogP contribution in [0.15, 0.2) is 42.5 Å². The highest BCUT2D eigenvalue weighted by molar-refractivity contribution is 5.88. The minimum atomic E-state index is -0.535. The van der Waals surface area contributed by atoms with Crippen LogP contribution in [-0.2, 0) is 22.6 Å². The average Bonchev–Trinajstić information content (AvgIpc) is 2.66. The molecule has 1 unspecified atom stereocenters. The first-order valence-electron chi connectivity index (χ1n) is 10.4. The Kier molecular flexibility index (Phi) is 8.00. The van der Waals surface area contributed by atoms with Gasteiger partial charge < -0.3 is 10.2 Å². The van der Waals surface area contributed by atoms with Crippen molar-refractivity contribution in [3.8, 4) is 0 Å². The fraction of sp³-hybridized carbons (Fsp3) is 0.440. The highest BCUT2D eigenvalue weighted by atomic mass is 16.2. The second-order valence-corrected chi connectivity index (χ2v) is 8.43. The number of carbonyl (C=O) groups is 2. The van der Waals surface area contributed by atoms with E-state index in [9.17, 15) is 9.59 Å². The molecule has 0 bridgehead atoms. The maximum Gasteiger partial charge on any atom is 0.242 e. The maximum absolute atomic E-state index is 13.3. The summed E-state index contributed by atoms with van der Waals surface area (Å²) in [7, 11) is 0. The number of nitrogens with one attached hydrogen (secondary N) is 1. The Morgan fingerprint density at radius 1 is 0.966 bits per heavy atom. The molecule has 4 heteroatoms. The average molecular weight is 395 g/mol. The second-order valence-electron chi connectivity index (χ2n) is 8.43. The molecule has 156 valence electrons. The van der Waals surface area contributed by atoms with Gasteiger partial charge in [0.2, 0.25) is 11.8 Å². The Morgan fingerprint density at radius 2 is 1.66 bits per heavy atom. The minimum Gasteiger partial charge on any atom is -0.354 e. The predicted octanol–water partition coefficient (Wildman–Crippen LogP) is 4.34. The molecular weight excluding hydrogens is 360 g/mol. The third-order valence-corrected chi connectivity index (χ3v) is 5.13. The standard InChI is InChI=1S/C25H34N2O2/c1-17(2)15-26-25(29)21(6)27(16-22-9-7-8-18(3)12-22)24(28)14-23-13-19(4)10-11-20(23)5/h7-13,17,21H,14-16H2,1-6H3,(H,26,29). The molecule has 2 aromatic carbocycles. The lowest BCUT2D eigenvalue weighted by Gasteiger charge is -2.29. The largest absolute Gasteiger partial charge is 0.354 e. The second kappa shape index (κ2) is 10.2. The summed E-state index contributed by atoms with van der Waals surface area (Å²) in [5.74, 6) is 0.218. The van der Waals surface area contributed by atoms with Gasteiger partial charge in [-0.25, -0.2) is 0 Å². The monoisotopic (exact) mass is 394 g/mol. The normalized spacial score (nSPS) is 12.0. The number of benzene rings is 2. The third-order valence-electron chi connectivity index (χ3n) is 5.13. The maximum atomic E-state index is 13.3. The molecule has 1 N–H and O–H groups in total. The number of hydrogen-bond donors (Lipinski definition) is 1. The van der Waals surface area contributed by atoms with Gasteiger partial charge in [0.15, 0.2) is 0 Å². The fourth-order valence-corrected chi connectivity index (χ4v) is 3.30. The first kappa shape index (κ1) is 22.7. The molecule has 0 aliphatic rings. The van der Waals surface area contributed by atoms with Gasteiger partial charge in [-0.05, 0) is 50.3 Å². The van der Waals surface area contributed by atoms with E-state index in [0.29, 0.717) is 25.4 Å². The number of hydrogen-bond acceptors (Lipinski definition) is 2. The van der Waals surface area contributed by atoms with E-state index in [1.54, 1.807) is 4.90 Å². The van der Waals surface area contributed by atoms with Gasteiger partial charge in [0.1, 0.15) is 6.04 Å². The Hall–Kier alpha value is -2.62. The fourth-order valence-electron chi connectivity index (χ4n) is 3.30. The van der Waals surface area contributed by atoms with Gasteiger partial charge in [-0.3, -0.25) is 9.59 Å². The van der Waals surface area contributed by atoms with Gasteiger partial charge >= 0.3 is 0 Å². The van der Waals surface area contributed by atoms with Gasteiger partial charge in [0, 0.05) is 13.1 Å². The lowest BCUT2D eigenvalue weighted by molar-refractivity contribution is -0.140. The summed E-state index contributed by atoms with van der Waals surface area (Å²) in [4.78, 5) is 27.7. The summed E-state index contributed by atoms with van der Waals surface area (Å²) in [6.45, 7) is 13.0. The van der Waals surface area contributed by atoms with Crippen molar-refractivity contribution in [1.29, 1.82) is 0 Å². The lowest BCUT2D eigenvalue weighted by Crippen LogP contribution is -2.48. The van der Waals surface area contributed by atoms with Crippen LogP contribution in [0.1, 0.15) is 48.6 Å². The Morgan fingerprint density at radius 3 is 2.31 bits per heavy atom. The van der Waals surface area contributed by atoms with Crippen molar-refractivity contribution in [1.82, 2.24) is 10.2 Å². The predicted molar refractivity (Wildman–Crippen MR) is 119 cm³/mol. The van der Waals surface area contributed by atoms with Crippen LogP contribution < -0.4 is 5.32 Å². The molecule has 0 fully saturated rings. The van der Waals surface area contributed by atoms with Crippen LogP contribution in [0.2, 0.25) is 0 Å². The number of amides is 2. The van der Waals surface area contributed by atoms with E-state index in [1.165, 1.54) is 0 Å². The molecule has 1 atom stereocenters. The zero-order valence-corrected chi connectivity index (χ0v) is 18.6. The van der Waals surface area contributed by atoms with Gasteiger partial charge in [0.25, 0.3) is 0 Å². The van der Waals surface area contributed by atoms with Crippen LogP contribution in [0.25, 0.3) is 0 Å². The van der Waals surface area contributed by atoms with Gasteiger partial charge in [-0.1, -0.05) is 67.4 Å². The van der Waals surface area contributed by atoms with E-state index in [1.807, 2.05) is 52.0 Å². The van der Waals surface area contributed by atoms with Crippen LogP contribution in [0.5, 0.6) is 0 Å². The van der Waals surface area contributed by atoms with Crippen LogP contribution in [0.4, 0.5) is 0 Å². The smallest absolute Gasteiger partial charge is 0.242 e. The van der Waals surface area contributed by atoms with E-state index in [0.717, 1.165) is 27.8 Å². The molecule has 4 nitrogen and oxygen atoms in total. The van der Waals surface area contributed by atoms with Crippen LogP contribution in [0, 0.1) is 26.7 Å². The van der Waals surface area contributed by atoms with E-state index in [-0.39, 0.29) is 11.8 Å². The summed E-state index contributed by atoms with van der Waals surface area (Å²) < 4.78 is 0. The summed E-state index contributed by atoms with van der Waals surface area (Å²) in [5.41, 5.74) is 5.41. The molecule has 2 rings (SSSR count). The van der Waals surface area contributed by atoms with Crippen LogP contribution >= 0.6 is 0 Å². The van der Waals surface area contributed by atoms with E-state index in [2.05, 4.69) is 37.4 Å². The molecule has 0 aliphatic heterocycles. The number of nitrogens with zero attached hydrogens (tertiary/aromatic N) is 1. The van der Waals surface area contributed by atoms with Crippen LogP contribution in [0.3, 0.4) is 0 Å². The van der Waals surface area contributed by atoms with Crippen molar-refractivity contribution in [2.75, 3.05) is 6.54 Å². The number of rotatable bonds is 8. The minimum absolute atomic E-state index is 0.0348. The van der Waals surface area contributed by atoms with Crippen molar-refractivity contribution < 1.29 is 9.59 Å². The molecule has 0 spiro atoms. The molecule has 0 saturated heterocycles. The number of aryl methyl sites for hydroxylation is 3. The summed E-state index contributed by atoms with van der Waals surface area (Å²) >= 11 is 0. The molecule has 29 heavy (non-hydrogen) atoms. The molecule has 2 amide bonds. The van der Waals surface area contributed by atoms with Crippen molar-refractivity contribution in [2.45, 2.75) is 60.5 Å². The Bertz CT molecular complexity index is 858. The lowest BCUT2D eigenvalue weighted by atomic mass is 10.0. The molecule has 0 aromatic heterocycles. The highest BCUT2D eigenvalue weighted by Crippen LogP contribution is 2.16.